The number of methoxy groups -OCH3 is 1. The predicted molar refractivity (Wildman–Crippen MR) is 82.3 cm³/mol. The maximum atomic E-state index is 8.97. The summed E-state index contributed by atoms with van der Waals surface area (Å²) >= 11 is 1.56. The molecular formula is C16H14N2O2S. The van der Waals surface area contributed by atoms with Crippen molar-refractivity contribution in [2.24, 2.45) is 5.73 Å². The van der Waals surface area contributed by atoms with E-state index < -0.39 is 0 Å². The molecule has 4 nitrogen and oxygen atoms in total. The summed E-state index contributed by atoms with van der Waals surface area (Å²) in [6, 6.07) is 11.1. The van der Waals surface area contributed by atoms with Crippen molar-refractivity contribution < 1.29 is 9.47 Å². The molecule has 0 fully saturated rings. The monoisotopic (exact) mass is 298 g/mol. The molecule has 2 rings (SSSR count). The topological polar surface area (TPSA) is 68.3 Å². The summed E-state index contributed by atoms with van der Waals surface area (Å²) in [6.07, 6.45) is 0. The molecule has 0 saturated carbocycles. The third-order valence-electron chi connectivity index (χ3n) is 2.60. The van der Waals surface area contributed by atoms with Gasteiger partial charge in [-0.05, 0) is 24.3 Å². The van der Waals surface area contributed by atoms with E-state index in [2.05, 4.69) is 17.9 Å². The highest BCUT2D eigenvalue weighted by Gasteiger charge is 2.04. The lowest BCUT2D eigenvalue weighted by Gasteiger charge is -2.07. The molecule has 5 heteroatoms. The van der Waals surface area contributed by atoms with Crippen molar-refractivity contribution in [3.8, 4) is 29.4 Å². The summed E-state index contributed by atoms with van der Waals surface area (Å²) in [4.78, 5) is 2.01. The summed E-state index contributed by atoms with van der Waals surface area (Å²) in [7, 11) is 1.56. The Morgan fingerprint density at radius 3 is 2.76 bits per heavy atom. The van der Waals surface area contributed by atoms with E-state index >= 15 is 0 Å². The maximum absolute atomic E-state index is 8.97. The summed E-state index contributed by atoms with van der Waals surface area (Å²) in [6.45, 7) is 0.775. The number of ether oxygens (including phenoxy) is 2. The molecule has 0 aliphatic rings. The fourth-order valence-corrected chi connectivity index (χ4v) is 2.45. The van der Waals surface area contributed by atoms with Gasteiger partial charge in [-0.25, -0.2) is 0 Å². The molecule has 0 atom stereocenters. The molecular weight excluding hydrogens is 284 g/mol. The molecule has 106 valence electrons. The molecule has 0 unspecified atom stereocenters. The van der Waals surface area contributed by atoms with Crippen molar-refractivity contribution in [1.29, 1.82) is 5.26 Å². The van der Waals surface area contributed by atoms with Crippen LogP contribution in [-0.2, 0) is 6.61 Å². The Hall–Kier alpha value is -2.47. The molecule has 0 saturated heterocycles. The molecule has 21 heavy (non-hydrogen) atoms. The summed E-state index contributed by atoms with van der Waals surface area (Å²) in [5.74, 6) is 7.01. The Bertz CT molecular complexity index is 720. The Morgan fingerprint density at radius 1 is 1.24 bits per heavy atom. The minimum atomic E-state index is 0.352. The van der Waals surface area contributed by atoms with Crippen molar-refractivity contribution >= 4 is 11.3 Å². The van der Waals surface area contributed by atoms with E-state index in [1.807, 2.05) is 12.1 Å². The normalized spacial score (nSPS) is 9.38. The number of hydrogen-bond acceptors (Lipinski definition) is 5. The van der Waals surface area contributed by atoms with Gasteiger partial charge in [0, 0.05) is 10.9 Å². The molecule has 1 heterocycles. The number of benzene rings is 1. The first-order chi connectivity index (χ1) is 10.2. The highest BCUT2D eigenvalue weighted by atomic mass is 32.1. The second-order valence-corrected chi connectivity index (χ2v) is 5.24. The molecule has 0 amide bonds. The minimum Gasteiger partial charge on any atom is -0.497 e. The average molecular weight is 298 g/mol. The van der Waals surface area contributed by atoms with Gasteiger partial charge in [0.15, 0.2) is 0 Å². The standard InChI is InChI=1S/C16H14N2O2S/c1-19-13-7-12(10-18)8-14(9-13)20-11-16-5-4-15(21-16)3-2-6-17/h4-5,7-9H,6,11,17H2,1H3. The van der Waals surface area contributed by atoms with Gasteiger partial charge in [0.05, 0.1) is 30.2 Å². The van der Waals surface area contributed by atoms with Crippen LogP contribution >= 0.6 is 11.3 Å². The Labute approximate surface area is 127 Å². The van der Waals surface area contributed by atoms with Gasteiger partial charge >= 0.3 is 0 Å². The first kappa shape index (κ1) is 14.9. The van der Waals surface area contributed by atoms with Gasteiger partial charge in [-0.1, -0.05) is 11.8 Å². The Morgan fingerprint density at radius 2 is 2.05 bits per heavy atom. The van der Waals surface area contributed by atoms with Gasteiger partial charge in [-0.3, -0.25) is 0 Å². The summed E-state index contributed by atoms with van der Waals surface area (Å²) in [5.41, 5.74) is 5.85. The van der Waals surface area contributed by atoms with E-state index in [0.717, 1.165) is 9.75 Å². The van der Waals surface area contributed by atoms with Crippen LogP contribution in [0.25, 0.3) is 0 Å². The second-order valence-electron chi connectivity index (χ2n) is 4.07. The van der Waals surface area contributed by atoms with Crippen LogP contribution in [0, 0.1) is 23.2 Å². The Balaban J connectivity index is 2.06. The number of nitriles is 1. The molecule has 2 N–H and O–H groups in total. The lowest BCUT2D eigenvalue weighted by Crippen LogP contribution is -1.94. The minimum absolute atomic E-state index is 0.352. The van der Waals surface area contributed by atoms with Crippen LogP contribution < -0.4 is 15.2 Å². The van der Waals surface area contributed by atoms with Crippen molar-refractivity contribution in [3.63, 3.8) is 0 Å². The van der Waals surface area contributed by atoms with E-state index in [1.165, 1.54) is 0 Å². The van der Waals surface area contributed by atoms with Gasteiger partial charge in [0.1, 0.15) is 18.1 Å². The fourth-order valence-electron chi connectivity index (χ4n) is 1.65. The molecule has 0 bridgehead atoms. The van der Waals surface area contributed by atoms with Crippen LogP contribution in [0.2, 0.25) is 0 Å². The lowest BCUT2D eigenvalue weighted by atomic mass is 10.2. The molecule has 1 aromatic carbocycles. The van der Waals surface area contributed by atoms with E-state index in [4.69, 9.17) is 20.5 Å². The Kier molecular flexibility index (Phi) is 5.22. The van der Waals surface area contributed by atoms with Crippen molar-refractivity contribution in [2.45, 2.75) is 6.61 Å². The van der Waals surface area contributed by atoms with Gasteiger partial charge in [0.2, 0.25) is 0 Å². The van der Waals surface area contributed by atoms with Crippen molar-refractivity contribution in [1.82, 2.24) is 0 Å². The molecule has 0 radical (unpaired) electrons. The highest BCUT2D eigenvalue weighted by molar-refractivity contribution is 7.12. The molecule has 0 aliphatic heterocycles. The summed E-state index contributed by atoms with van der Waals surface area (Å²) < 4.78 is 10.8. The highest BCUT2D eigenvalue weighted by Crippen LogP contribution is 2.24. The molecule has 1 aromatic heterocycles. The molecule has 0 spiro atoms. The van der Waals surface area contributed by atoms with Crippen LogP contribution in [0.5, 0.6) is 11.5 Å². The average Bonchev–Trinajstić information content (AvgIpc) is 2.98. The van der Waals surface area contributed by atoms with Crippen molar-refractivity contribution in [3.05, 3.63) is 45.6 Å². The number of rotatable bonds is 4. The zero-order valence-electron chi connectivity index (χ0n) is 11.6. The van der Waals surface area contributed by atoms with Crippen molar-refractivity contribution in [2.75, 3.05) is 13.7 Å². The van der Waals surface area contributed by atoms with Gasteiger partial charge < -0.3 is 15.2 Å². The van der Waals surface area contributed by atoms with Crippen LogP contribution in [0.4, 0.5) is 0 Å². The maximum Gasteiger partial charge on any atom is 0.124 e. The SMILES string of the molecule is COc1cc(C#N)cc(OCc2ccc(C#CCN)s2)c1. The first-order valence-electron chi connectivity index (χ1n) is 6.25. The van der Waals surface area contributed by atoms with E-state index in [0.29, 0.717) is 30.2 Å². The van der Waals surface area contributed by atoms with Crippen LogP contribution in [0.1, 0.15) is 15.3 Å². The van der Waals surface area contributed by atoms with Crippen LogP contribution in [0.3, 0.4) is 0 Å². The number of hydrogen-bond donors (Lipinski definition) is 1. The largest absolute Gasteiger partial charge is 0.497 e. The van der Waals surface area contributed by atoms with Gasteiger partial charge in [-0.2, -0.15) is 5.26 Å². The predicted octanol–water partition coefficient (Wildman–Crippen LogP) is 2.52. The number of nitrogens with zero attached hydrogens (tertiary/aromatic N) is 1. The van der Waals surface area contributed by atoms with E-state index in [9.17, 15) is 0 Å². The smallest absolute Gasteiger partial charge is 0.124 e. The zero-order valence-corrected chi connectivity index (χ0v) is 12.4. The number of thiophene rings is 1. The van der Waals surface area contributed by atoms with E-state index in [-0.39, 0.29) is 0 Å². The van der Waals surface area contributed by atoms with Crippen LogP contribution in [-0.4, -0.2) is 13.7 Å². The molecule has 0 aliphatic carbocycles. The third kappa shape index (κ3) is 4.25. The first-order valence-corrected chi connectivity index (χ1v) is 7.06. The van der Waals surface area contributed by atoms with Gasteiger partial charge in [-0.15, -0.1) is 11.3 Å². The van der Waals surface area contributed by atoms with Crippen LogP contribution in [0.15, 0.2) is 30.3 Å². The van der Waals surface area contributed by atoms with Gasteiger partial charge in [0.25, 0.3) is 0 Å². The quantitative estimate of drug-likeness (QED) is 0.881. The lowest BCUT2D eigenvalue weighted by molar-refractivity contribution is 0.307. The summed E-state index contributed by atoms with van der Waals surface area (Å²) in [5, 5.41) is 8.97. The fraction of sp³-hybridized carbons (Fsp3) is 0.188. The third-order valence-corrected chi connectivity index (χ3v) is 3.58. The molecule has 2 aromatic rings. The second kappa shape index (κ2) is 7.35. The zero-order chi connectivity index (χ0) is 15.1. The van der Waals surface area contributed by atoms with E-state index in [1.54, 1.807) is 36.6 Å². The number of nitrogens with two attached hydrogens (primary N) is 1.